The summed E-state index contributed by atoms with van der Waals surface area (Å²) in [6.45, 7) is -1.75. The Morgan fingerprint density at radius 2 is 0.492 bits per heavy atom. The van der Waals surface area contributed by atoms with Gasteiger partial charge in [0.2, 0.25) is 41.1 Å². The zero-order valence-corrected chi connectivity index (χ0v) is 59.9. The molecule has 1 heterocycles. The average Bonchev–Trinajstić information content (AvgIpc) is 0.766. The Labute approximate surface area is 671 Å². The van der Waals surface area contributed by atoms with Crippen molar-refractivity contribution in [1.29, 1.82) is 0 Å². The maximum Gasteiger partial charge on any atom is 0.343 e. The van der Waals surface area contributed by atoms with E-state index in [0.29, 0.717) is 109 Å². The summed E-state index contributed by atoms with van der Waals surface area (Å²) in [6.07, 6.45) is -15.2. The Bertz CT molecular complexity index is 6030. The average molecular weight is 1700 g/mol. The lowest BCUT2D eigenvalue weighted by molar-refractivity contribution is -0.282. The number of phenolic OH excluding ortho intramolecular Hbond substituents is 25. The van der Waals surface area contributed by atoms with Crippen LogP contribution in [0.2, 0.25) is 0 Å². The van der Waals surface area contributed by atoms with E-state index in [0.717, 1.165) is 0 Å². The lowest BCUT2D eigenvalue weighted by Gasteiger charge is -2.43. The summed E-state index contributed by atoms with van der Waals surface area (Å²) < 4.78 is 55.3. The molecule has 0 aromatic heterocycles. The van der Waals surface area contributed by atoms with Gasteiger partial charge in [0.25, 0.3) is 0 Å². The Morgan fingerprint density at radius 1 is 0.246 bits per heavy atom. The maximum atomic E-state index is 15.3. The monoisotopic (exact) mass is 1700 g/mol. The Kier molecular flexibility index (Phi) is 22.9. The third kappa shape index (κ3) is 17.0. The van der Waals surface area contributed by atoms with Crippen LogP contribution in [0.25, 0.3) is 11.1 Å². The van der Waals surface area contributed by atoms with E-state index in [1.165, 1.54) is 0 Å². The van der Waals surface area contributed by atoms with Crippen LogP contribution in [-0.4, -0.2) is 230 Å². The summed E-state index contributed by atoms with van der Waals surface area (Å²) >= 11 is 0. The van der Waals surface area contributed by atoms with E-state index in [9.17, 15) is 166 Å². The van der Waals surface area contributed by atoms with Crippen molar-refractivity contribution in [3.05, 3.63) is 171 Å². The first-order chi connectivity index (χ1) is 57.3. The number of aromatic hydroxyl groups is 25. The van der Waals surface area contributed by atoms with Crippen LogP contribution in [0.3, 0.4) is 0 Å². The zero-order chi connectivity index (χ0) is 89.5. The lowest BCUT2D eigenvalue weighted by atomic mass is 9.94. The molecule has 1 fully saturated rings. The van der Waals surface area contributed by atoms with Crippen molar-refractivity contribution in [3.8, 4) is 178 Å². The summed E-state index contributed by atoms with van der Waals surface area (Å²) in [7, 11) is 0. The second-order valence-electron chi connectivity index (χ2n) is 25.2. The summed E-state index contributed by atoms with van der Waals surface area (Å²) in [6, 6.07) is 7.65. The molecule has 46 nitrogen and oxygen atoms in total. The molecule has 5 atom stereocenters. The molecule has 632 valence electrons. The first-order valence-corrected chi connectivity index (χ1v) is 33.2. The highest BCUT2D eigenvalue weighted by molar-refractivity contribution is 6.04. The summed E-state index contributed by atoms with van der Waals surface area (Å²) in [5.74, 6) is -56.6. The maximum absolute atomic E-state index is 15.3. The molecule has 1 aliphatic rings. The van der Waals surface area contributed by atoms with Gasteiger partial charge in [0, 0.05) is 11.1 Å². The molecule has 26 N–H and O–H groups in total. The fraction of sp³-hybridized carbons (Fsp3) is 0.0789. The first kappa shape index (κ1) is 84.8. The topological polar surface area (TPSA) is 789 Å². The number of aromatic carboxylic acids is 1. The van der Waals surface area contributed by atoms with Gasteiger partial charge < -0.3 is 180 Å². The zero-order valence-electron chi connectivity index (χ0n) is 59.9. The van der Waals surface area contributed by atoms with E-state index >= 15 is 14.4 Å². The number of carboxylic acid groups (broad SMARTS) is 1. The molecule has 1 saturated heterocycles. The molecular weight excluding hydrogens is 1650 g/mol. The van der Waals surface area contributed by atoms with E-state index in [1.807, 2.05) is 0 Å². The van der Waals surface area contributed by atoms with Crippen molar-refractivity contribution in [2.75, 3.05) is 6.61 Å². The van der Waals surface area contributed by atoms with Crippen LogP contribution in [-0.2, 0) is 28.4 Å². The Hall–Kier alpha value is -18.1. The van der Waals surface area contributed by atoms with E-state index in [-0.39, 0.29) is 6.07 Å². The lowest BCUT2D eigenvalue weighted by Crippen LogP contribution is -2.63. The smallest absolute Gasteiger partial charge is 0.343 e. The van der Waals surface area contributed by atoms with Crippen LogP contribution < -0.4 is 18.9 Å². The summed E-state index contributed by atoms with van der Waals surface area (Å²) in [5.41, 5.74) is -12.6. The normalized spacial score (nSPS) is 14.7. The number of carbonyl (C=O) groups excluding carboxylic acids is 9. The minimum Gasteiger partial charge on any atom is -0.504 e. The number of carboxylic acids is 1. The molecule has 0 saturated carbocycles. The van der Waals surface area contributed by atoms with Crippen LogP contribution in [0.15, 0.2) is 115 Å². The van der Waals surface area contributed by atoms with Crippen LogP contribution >= 0.6 is 0 Å². The molecular formula is C76H52O46. The second kappa shape index (κ2) is 33.0. The van der Waals surface area contributed by atoms with Crippen molar-refractivity contribution < 1.29 is 228 Å². The largest absolute Gasteiger partial charge is 0.504 e. The van der Waals surface area contributed by atoms with Crippen LogP contribution in [0.4, 0.5) is 0 Å². The molecule has 0 aliphatic carbocycles. The fourth-order valence-corrected chi connectivity index (χ4v) is 11.2. The highest BCUT2D eigenvalue weighted by atomic mass is 16.8. The van der Waals surface area contributed by atoms with E-state index < -0.39 is 331 Å². The Morgan fingerprint density at radius 3 is 0.795 bits per heavy atom. The molecule has 0 bridgehead atoms. The van der Waals surface area contributed by atoms with Crippen LogP contribution in [0.5, 0.6) is 167 Å². The third-order valence-corrected chi connectivity index (χ3v) is 17.2. The molecule has 0 spiro atoms. The van der Waals surface area contributed by atoms with Gasteiger partial charge in [-0.25, -0.2) is 47.9 Å². The molecule has 1 aliphatic heterocycles. The SMILES string of the molecule is O=C(OC[C@H]1O[C@H](OC(=O)c2cc(O)c(O)c(OC(=O)c3cc(O)c(O)c(O)c3)c2)[C@H](OC(=O)c2cc(O)c(O)c(OC(=O)c3cc(O)c(O)c(O)c3)c2)[C@@H](OC(=O)c2cc(O)c(O)c(OC(=O)c3cc(O)c(O)c(O)c3)c2)[C@@H]1OC(=O)c1cc(O)c(O)c(OC(=O)c2cc(O)c(O)c(O)c2)c1)c1cc(O)c(O)c(-c2c(C(=O)O)cc(O)c(O)c2O)c1. The number of hydrogen-bond donors (Lipinski definition) is 26. The quantitative estimate of drug-likeness (QED) is 0.0195. The highest BCUT2D eigenvalue weighted by Crippen LogP contribution is 2.51. The number of benzene rings is 10. The van der Waals surface area contributed by atoms with Crippen molar-refractivity contribution in [2.24, 2.45) is 0 Å². The number of rotatable bonds is 21. The predicted molar refractivity (Wildman–Crippen MR) is 384 cm³/mol. The van der Waals surface area contributed by atoms with Crippen molar-refractivity contribution in [2.45, 2.75) is 30.7 Å². The molecule has 10 aromatic rings. The number of ether oxygens (including phenoxy) is 10. The van der Waals surface area contributed by atoms with Gasteiger partial charge in [0.1, 0.15) is 12.7 Å². The predicted octanol–water partition coefficient (Wildman–Crippen LogP) is 4.98. The van der Waals surface area contributed by atoms with Crippen molar-refractivity contribution >= 4 is 59.7 Å². The van der Waals surface area contributed by atoms with E-state index in [2.05, 4.69) is 0 Å². The third-order valence-electron chi connectivity index (χ3n) is 17.2. The molecule has 122 heavy (non-hydrogen) atoms. The van der Waals surface area contributed by atoms with Gasteiger partial charge in [-0.2, -0.15) is 0 Å². The van der Waals surface area contributed by atoms with Crippen molar-refractivity contribution in [1.82, 2.24) is 0 Å². The minimum absolute atomic E-state index is 0.284. The molecule has 0 unspecified atom stereocenters. The van der Waals surface area contributed by atoms with Crippen LogP contribution in [0.1, 0.15) is 104 Å². The molecule has 10 aromatic carbocycles. The van der Waals surface area contributed by atoms with Crippen molar-refractivity contribution in [3.63, 3.8) is 0 Å². The number of phenols is 25. The fourth-order valence-electron chi connectivity index (χ4n) is 11.2. The van der Waals surface area contributed by atoms with Gasteiger partial charge in [-0.1, -0.05) is 0 Å². The van der Waals surface area contributed by atoms with Gasteiger partial charge in [-0.05, 0) is 115 Å². The van der Waals surface area contributed by atoms with Crippen LogP contribution in [0, 0.1) is 0 Å². The molecule has 46 heteroatoms. The standard InChI is InChI=1S/C76H52O46/c77-32-2-21(1-30(52(32)91)51-31(66(102)103)19-45(90)61(100)62(51)101)67(104)113-20-50-63(119-72(109)26-11-41(86)57(96)46(15-26)114-68(105)22-3-33(78)53(92)34(79)4-22)64(120-73(110)27-12-42(87)58(97)47(16-27)115-69(106)23-5-35(80)54(93)36(81)6-23)65(121-74(111)28-13-43(88)59(98)48(17-28)116-70(107)24-7-37(82)55(94)38(83)8-24)76(118-50)122-75(112)29-14-44(89)60(99)49(18-29)117-71(108)25-9-39(84)56(95)40(85)10-25/h1-19,50,63-65,76-101H,20H2,(H,102,103)/t50-,63-,64+,65-,76-/m1/s1. The van der Waals surface area contributed by atoms with Gasteiger partial charge in [-0.3, -0.25) is 0 Å². The Balaban J connectivity index is 1.11. The van der Waals surface area contributed by atoms with E-state index in [4.69, 9.17) is 47.4 Å². The summed E-state index contributed by atoms with van der Waals surface area (Å²) in [5, 5.41) is 273. The van der Waals surface area contributed by atoms with Gasteiger partial charge in [0.15, 0.2) is 150 Å². The molecule has 11 rings (SSSR count). The van der Waals surface area contributed by atoms with Gasteiger partial charge >= 0.3 is 59.7 Å². The number of carbonyl (C=O) groups is 10. The number of hydrogen-bond acceptors (Lipinski definition) is 45. The second-order valence-corrected chi connectivity index (χ2v) is 25.2. The molecule has 0 radical (unpaired) electrons. The highest BCUT2D eigenvalue weighted by Gasteiger charge is 2.55. The minimum atomic E-state index is -3.14. The van der Waals surface area contributed by atoms with Gasteiger partial charge in [0.05, 0.1) is 55.6 Å². The van der Waals surface area contributed by atoms with Gasteiger partial charge in [-0.15, -0.1) is 0 Å². The number of esters is 9. The summed E-state index contributed by atoms with van der Waals surface area (Å²) in [4.78, 5) is 142. The first-order valence-electron chi connectivity index (χ1n) is 33.2. The van der Waals surface area contributed by atoms with E-state index in [1.54, 1.807) is 0 Å². The molecule has 0 amide bonds.